The Morgan fingerprint density at radius 3 is 2.73 bits per heavy atom. The number of para-hydroxylation sites is 2. The number of amides is 1. The van der Waals surface area contributed by atoms with Crippen LogP contribution < -0.4 is 10.1 Å². The molecule has 0 saturated carbocycles. The molecule has 0 bridgehead atoms. The largest absolute Gasteiger partial charge is 0.496 e. The maximum atomic E-state index is 12.6. The average molecular weight is 457 g/mol. The molecular formula is C24H20N6O2S. The highest BCUT2D eigenvalue weighted by molar-refractivity contribution is 7.99. The van der Waals surface area contributed by atoms with Crippen LogP contribution in [0.25, 0.3) is 28.0 Å². The molecule has 0 saturated heterocycles. The van der Waals surface area contributed by atoms with Gasteiger partial charge in [0.15, 0.2) is 11.0 Å². The number of methoxy groups -OCH3 is 1. The van der Waals surface area contributed by atoms with Crippen molar-refractivity contribution in [2.45, 2.75) is 5.16 Å². The summed E-state index contributed by atoms with van der Waals surface area (Å²) in [5, 5.41) is 20.3. The zero-order chi connectivity index (χ0) is 22.6. The summed E-state index contributed by atoms with van der Waals surface area (Å²) in [6, 6.07) is 23.1. The van der Waals surface area contributed by atoms with Gasteiger partial charge in [-0.3, -0.25) is 14.5 Å². The van der Waals surface area contributed by atoms with Gasteiger partial charge in [-0.1, -0.05) is 42.1 Å². The molecule has 1 amide bonds. The van der Waals surface area contributed by atoms with E-state index < -0.39 is 0 Å². The second-order valence-corrected chi connectivity index (χ2v) is 8.13. The van der Waals surface area contributed by atoms with Gasteiger partial charge in [-0.25, -0.2) is 0 Å². The second-order valence-electron chi connectivity index (χ2n) is 7.19. The molecule has 0 aliphatic heterocycles. The van der Waals surface area contributed by atoms with E-state index in [0.29, 0.717) is 22.4 Å². The number of hydrogen-bond donors (Lipinski definition) is 2. The summed E-state index contributed by atoms with van der Waals surface area (Å²) < 4.78 is 7.47. The monoisotopic (exact) mass is 456 g/mol. The third-order valence-electron chi connectivity index (χ3n) is 5.05. The molecule has 9 heteroatoms. The molecule has 0 unspecified atom stereocenters. The average Bonchev–Trinajstić information content (AvgIpc) is 3.50. The number of ether oxygens (including phenoxy) is 1. The van der Waals surface area contributed by atoms with Crippen molar-refractivity contribution in [3.8, 4) is 22.8 Å². The zero-order valence-corrected chi connectivity index (χ0v) is 18.5. The number of thioether (sulfide) groups is 1. The van der Waals surface area contributed by atoms with Crippen LogP contribution in [0.5, 0.6) is 5.75 Å². The van der Waals surface area contributed by atoms with Crippen LogP contribution in [0, 0.1) is 0 Å². The summed E-state index contributed by atoms with van der Waals surface area (Å²) in [4.78, 5) is 12.6. The van der Waals surface area contributed by atoms with E-state index in [1.807, 2.05) is 77.4 Å². The van der Waals surface area contributed by atoms with Crippen LogP contribution in [0.4, 0.5) is 5.69 Å². The van der Waals surface area contributed by atoms with Gasteiger partial charge in [-0.05, 0) is 42.5 Å². The van der Waals surface area contributed by atoms with Gasteiger partial charge in [0.25, 0.3) is 0 Å². The minimum absolute atomic E-state index is 0.139. The van der Waals surface area contributed by atoms with E-state index >= 15 is 0 Å². The number of fused-ring (bicyclic) bond motifs is 1. The third-order valence-corrected chi connectivity index (χ3v) is 5.98. The first-order valence-electron chi connectivity index (χ1n) is 10.2. The number of nitrogens with zero attached hydrogens (tertiary/aromatic N) is 4. The van der Waals surface area contributed by atoms with Gasteiger partial charge in [0.1, 0.15) is 5.75 Å². The van der Waals surface area contributed by atoms with Crippen molar-refractivity contribution in [2.75, 3.05) is 18.2 Å². The summed E-state index contributed by atoms with van der Waals surface area (Å²) in [6.07, 6.45) is 1.74. The smallest absolute Gasteiger partial charge is 0.234 e. The number of carbonyl (C=O) groups excluding carboxylic acids is 1. The van der Waals surface area contributed by atoms with E-state index in [9.17, 15) is 4.79 Å². The number of benzene rings is 3. The number of nitrogens with one attached hydrogen (secondary N) is 2. The predicted molar refractivity (Wildman–Crippen MR) is 129 cm³/mol. The maximum absolute atomic E-state index is 12.6. The molecule has 0 spiro atoms. The van der Waals surface area contributed by atoms with Gasteiger partial charge >= 0.3 is 0 Å². The lowest BCUT2D eigenvalue weighted by molar-refractivity contribution is -0.113. The Balaban J connectivity index is 1.41. The van der Waals surface area contributed by atoms with Crippen LogP contribution in [0.1, 0.15) is 0 Å². The first-order valence-corrected chi connectivity index (χ1v) is 11.2. The highest BCUT2D eigenvalue weighted by Gasteiger charge is 2.19. The minimum atomic E-state index is -0.139. The number of anilines is 1. The Morgan fingerprint density at radius 2 is 1.88 bits per heavy atom. The van der Waals surface area contributed by atoms with Gasteiger partial charge in [-0.15, -0.1) is 10.2 Å². The number of carbonyl (C=O) groups is 1. The van der Waals surface area contributed by atoms with E-state index in [-0.39, 0.29) is 11.7 Å². The van der Waals surface area contributed by atoms with Gasteiger partial charge in [0, 0.05) is 16.8 Å². The summed E-state index contributed by atoms with van der Waals surface area (Å²) >= 11 is 1.32. The van der Waals surface area contributed by atoms with Gasteiger partial charge < -0.3 is 10.1 Å². The molecule has 0 radical (unpaired) electrons. The van der Waals surface area contributed by atoms with Crippen LogP contribution >= 0.6 is 11.8 Å². The lowest BCUT2D eigenvalue weighted by Crippen LogP contribution is -2.14. The Morgan fingerprint density at radius 1 is 1.06 bits per heavy atom. The first-order chi connectivity index (χ1) is 16.2. The molecule has 5 rings (SSSR count). The summed E-state index contributed by atoms with van der Waals surface area (Å²) in [6.45, 7) is 0. The van der Waals surface area contributed by atoms with Crippen molar-refractivity contribution >= 4 is 34.3 Å². The third kappa shape index (κ3) is 4.31. The number of aromatic amines is 1. The Labute approximate surface area is 194 Å². The molecule has 33 heavy (non-hydrogen) atoms. The van der Waals surface area contributed by atoms with Crippen molar-refractivity contribution in [2.24, 2.45) is 0 Å². The molecule has 8 nitrogen and oxygen atoms in total. The Bertz CT molecular complexity index is 1410. The Kier molecular flexibility index (Phi) is 5.77. The van der Waals surface area contributed by atoms with Crippen molar-refractivity contribution in [1.82, 2.24) is 25.0 Å². The fourth-order valence-corrected chi connectivity index (χ4v) is 4.27. The SMILES string of the molecule is COc1ccccc1-c1nnc(SCC(=O)Nc2ccc3cn[nH]c3c2)n1-c1ccccc1. The van der Waals surface area contributed by atoms with E-state index in [4.69, 9.17) is 4.74 Å². The molecule has 0 fully saturated rings. The van der Waals surface area contributed by atoms with Gasteiger partial charge in [0.2, 0.25) is 5.91 Å². The number of H-pyrrole nitrogens is 1. The number of aromatic nitrogens is 5. The fraction of sp³-hybridized carbons (Fsp3) is 0.0833. The van der Waals surface area contributed by atoms with Crippen molar-refractivity contribution in [3.63, 3.8) is 0 Å². The molecule has 5 aromatic rings. The molecule has 2 N–H and O–H groups in total. The number of hydrogen-bond acceptors (Lipinski definition) is 6. The molecule has 2 aromatic heterocycles. The van der Waals surface area contributed by atoms with E-state index in [2.05, 4.69) is 25.7 Å². The maximum Gasteiger partial charge on any atom is 0.234 e. The van der Waals surface area contributed by atoms with Crippen LogP contribution in [0.2, 0.25) is 0 Å². The lowest BCUT2D eigenvalue weighted by Gasteiger charge is -2.12. The Hall–Kier alpha value is -4.11. The molecule has 3 aromatic carbocycles. The molecule has 164 valence electrons. The summed E-state index contributed by atoms with van der Waals surface area (Å²) in [7, 11) is 1.63. The van der Waals surface area contributed by atoms with Gasteiger partial charge in [0.05, 0.1) is 30.1 Å². The van der Waals surface area contributed by atoms with Gasteiger partial charge in [-0.2, -0.15) is 5.10 Å². The quantitative estimate of drug-likeness (QED) is 0.349. The molecule has 0 aliphatic carbocycles. The standard InChI is InChI=1S/C24H20N6O2S/c1-32-21-10-6-5-9-19(21)23-28-29-24(30(23)18-7-3-2-4-8-18)33-15-22(31)26-17-12-11-16-14-25-27-20(16)13-17/h2-14H,15H2,1H3,(H,25,27)(H,26,31). The van der Waals surface area contributed by atoms with Crippen LogP contribution in [-0.4, -0.2) is 43.7 Å². The molecular weight excluding hydrogens is 436 g/mol. The zero-order valence-electron chi connectivity index (χ0n) is 17.7. The fourth-order valence-electron chi connectivity index (χ4n) is 3.52. The summed E-state index contributed by atoms with van der Waals surface area (Å²) in [5.41, 5.74) is 3.29. The lowest BCUT2D eigenvalue weighted by atomic mass is 10.2. The van der Waals surface area contributed by atoms with Crippen molar-refractivity contribution in [1.29, 1.82) is 0 Å². The molecule has 0 aliphatic rings. The summed E-state index contributed by atoms with van der Waals surface area (Å²) in [5.74, 6) is 1.38. The van der Waals surface area contributed by atoms with E-state index in [0.717, 1.165) is 22.2 Å². The van der Waals surface area contributed by atoms with E-state index in [1.165, 1.54) is 11.8 Å². The normalized spacial score (nSPS) is 10.9. The van der Waals surface area contributed by atoms with Crippen molar-refractivity contribution in [3.05, 3.63) is 79.0 Å². The first kappa shape index (κ1) is 20.8. The van der Waals surface area contributed by atoms with Crippen LogP contribution in [0.3, 0.4) is 0 Å². The topological polar surface area (TPSA) is 97.7 Å². The highest BCUT2D eigenvalue weighted by Crippen LogP contribution is 2.33. The second kappa shape index (κ2) is 9.17. The molecule has 2 heterocycles. The van der Waals surface area contributed by atoms with Crippen LogP contribution in [0.15, 0.2) is 84.1 Å². The van der Waals surface area contributed by atoms with E-state index in [1.54, 1.807) is 13.3 Å². The van der Waals surface area contributed by atoms with Crippen LogP contribution in [-0.2, 0) is 4.79 Å². The van der Waals surface area contributed by atoms with Crippen molar-refractivity contribution < 1.29 is 9.53 Å². The minimum Gasteiger partial charge on any atom is -0.496 e. The highest BCUT2D eigenvalue weighted by atomic mass is 32.2. The number of rotatable bonds is 7. The molecule has 0 atom stereocenters. The predicted octanol–water partition coefficient (Wildman–Crippen LogP) is 4.55.